The summed E-state index contributed by atoms with van der Waals surface area (Å²) in [4.78, 5) is 2.39. The van der Waals surface area contributed by atoms with Crippen molar-refractivity contribution in [2.75, 3.05) is 46.2 Å². The van der Waals surface area contributed by atoms with Gasteiger partial charge >= 0.3 is 0 Å². The molecule has 0 saturated carbocycles. The molecule has 0 aliphatic carbocycles. The molecule has 2 heterocycles. The molecule has 7 nitrogen and oxygen atoms in total. The van der Waals surface area contributed by atoms with Gasteiger partial charge in [0, 0.05) is 37.8 Å². The van der Waals surface area contributed by atoms with Crippen LogP contribution in [0, 0.1) is 5.92 Å². The van der Waals surface area contributed by atoms with E-state index in [1.54, 1.807) is 0 Å². The summed E-state index contributed by atoms with van der Waals surface area (Å²) in [5, 5.41) is 0. The number of ether oxygens (including phenoxy) is 1. The third-order valence-electron chi connectivity index (χ3n) is 4.60. The Hall–Kier alpha value is -1.00. The van der Waals surface area contributed by atoms with Gasteiger partial charge in [-0.3, -0.25) is 4.90 Å². The molecule has 1 aromatic rings. The molecule has 134 valence electrons. The fourth-order valence-corrected chi connectivity index (χ4v) is 5.40. The number of hydrogen-bond acceptors (Lipinski definition) is 6. The average molecular weight is 374 g/mol. The Morgan fingerprint density at radius 2 is 1.58 bits per heavy atom. The van der Waals surface area contributed by atoms with Crippen LogP contribution >= 0.6 is 0 Å². The summed E-state index contributed by atoms with van der Waals surface area (Å²) < 4.78 is 56.1. The summed E-state index contributed by atoms with van der Waals surface area (Å²) >= 11 is 0. The molecule has 0 unspecified atom stereocenters. The summed E-state index contributed by atoms with van der Waals surface area (Å²) in [5.74, 6) is 0.132. The van der Waals surface area contributed by atoms with E-state index in [4.69, 9.17) is 4.74 Å². The van der Waals surface area contributed by atoms with Crippen molar-refractivity contribution in [1.29, 1.82) is 0 Å². The monoisotopic (exact) mass is 374 g/mol. The van der Waals surface area contributed by atoms with Gasteiger partial charge in [0.05, 0.1) is 23.0 Å². The summed E-state index contributed by atoms with van der Waals surface area (Å²) in [5.41, 5.74) is 0. The fraction of sp³-hybridized carbons (Fsp3) is 0.600. The maximum absolute atomic E-state index is 13.0. The van der Waals surface area contributed by atoms with Gasteiger partial charge in [-0.1, -0.05) is 0 Å². The van der Waals surface area contributed by atoms with Crippen LogP contribution in [0.5, 0.6) is 0 Å². The van der Waals surface area contributed by atoms with E-state index in [-0.39, 0.29) is 21.8 Å². The van der Waals surface area contributed by atoms with Gasteiger partial charge in [-0.25, -0.2) is 16.8 Å². The average Bonchev–Trinajstić information content (AvgIpc) is 2.75. The molecule has 0 aromatic heterocycles. The van der Waals surface area contributed by atoms with Crippen LogP contribution in [0.3, 0.4) is 0 Å². The number of benzene rings is 1. The van der Waals surface area contributed by atoms with Crippen LogP contribution in [0.15, 0.2) is 34.1 Å². The van der Waals surface area contributed by atoms with Crippen LogP contribution in [0.2, 0.25) is 0 Å². The minimum Gasteiger partial charge on any atom is -0.379 e. The van der Waals surface area contributed by atoms with Crippen LogP contribution < -0.4 is 0 Å². The summed E-state index contributed by atoms with van der Waals surface area (Å²) in [7, 11) is -5.01. The molecule has 2 bridgehead atoms. The first-order chi connectivity index (χ1) is 11.2. The van der Waals surface area contributed by atoms with E-state index in [1.807, 2.05) is 7.05 Å². The van der Waals surface area contributed by atoms with Crippen molar-refractivity contribution < 1.29 is 21.6 Å². The minimum absolute atomic E-state index is 0.0302. The summed E-state index contributed by atoms with van der Waals surface area (Å²) in [6, 6.07) is 5.45. The number of hydrogen-bond donors (Lipinski definition) is 0. The first-order valence-electron chi connectivity index (χ1n) is 7.76. The number of sulfonamides is 1. The Morgan fingerprint density at radius 3 is 2.21 bits per heavy atom. The fourth-order valence-electron chi connectivity index (χ4n) is 3.21. The van der Waals surface area contributed by atoms with Gasteiger partial charge in [0.1, 0.15) is 0 Å². The minimum atomic E-state index is -3.66. The van der Waals surface area contributed by atoms with Gasteiger partial charge < -0.3 is 4.74 Å². The molecule has 2 saturated heterocycles. The van der Waals surface area contributed by atoms with Crippen molar-refractivity contribution >= 4 is 19.9 Å². The maximum atomic E-state index is 13.0. The Morgan fingerprint density at radius 1 is 0.958 bits per heavy atom. The Balaban J connectivity index is 1.90. The molecule has 2 fully saturated rings. The standard InChI is InChI=1S/C15H22N2O5S2/c1-16-7-12-8-17(9-13(16)11-22-10-12)24(20,21)15-5-3-14(4-6-15)23(2,18)19/h3-6,12-13H,7-11H2,1-2H3/t12-,13+/m1/s1. The Kier molecular flexibility index (Phi) is 4.73. The molecule has 2 aliphatic rings. The molecule has 0 amide bonds. The predicted molar refractivity (Wildman–Crippen MR) is 89.0 cm³/mol. The molecule has 0 spiro atoms. The second-order valence-corrected chi connectivity index (χ2v) is 10.5. The maximum Gasteiger partial charge on any atom is 0.243 e. The summed E-state index contributed by atoms with van der Waals surface area (Å²) in [6.07, 6.45) is 1.10. The van der Waals surface area contributed by atoms with Crippen molar-refractivity contribution in [3.05, 3.63) is 24.3 Å². The largest absolute Gasteiger partial charge is 0.379 e. The third kappa shape index (κ3) is 3.50. The van der Waals surface area contributed by atoms with E-state index in [2.05, 4.69) is 4.90 Å². The highest BCUT2D eigenvalue weighted by atomic mass is 32.2. The molecular weight excluding hydrogens is 352 g/mol. The number of likely N-dealkylation sites (N-methyl/N-ethyl adjacent to an activating group) is 1. The number of rotatable bonds is 3. The van der Waals surface area contributed by atoms with Gasteiger partial charge in [-0.15, -0.1) is 0 Å². The topological polar surface area (TPSA) is 84.0 Å². The Labute approximate surface area is 143 Å². The first-order valence-corrected chi connectivity index (χ1v) is 11.1. The lowest BCUT2D eigenvalue weighted by atomic mass is 10.1. The van der Waals surface area contributed by atoms with Crippen molar-refractivity contribution in [1.82, 2.24) is 9.21 Å². The lowest BCUT2D eigenvalue weighted by Gasteiger charge is -2.29. The molecule has 0 radical (unpaired) electrons. The smallest absolute Gasteiger partial charge is 0.243 e. The van der Waals surface area contributed by atoms with Crippen molar-refractivity contribution in [2.45, 2.75) is 15.8 Å². The first kappa shape index (κ1) is 17.8. The normalized spacial score (nSPS) is 26.9. The van der Waals surface area contributed by atoms with Crippen LogP contribution in [0.4, 0.5) is 0 Å². The van der Waals surface area contributed by atoms with Crippen LogP contribution in [-0.4, -0.2) is 78.2 Å². The predicted octanol–water partition coefficient (Wildman–Crippen LogP) is 0.0412. The molecular formula is C15H22N2O5S2. The van der Waals surface area contributed by atoms with Crippen LogP contribution in [0.1, 0.15) is 0 Å². The molecule has 9 heteroatoms. The SMILES string of the molecule is CN1C[C@H]2COC[C@@H]1CN(S(=O)(=O)c1ccc(S(C)(=O)=O)cc1)C2. The molecule has 2 aliphatic heterocycles. The van der Waals surface area contributed by atoms with E-state index in [9.17, 15) is 16.8 Å². The van der Waals surface area contributed by atoms with Crippen molar-refractivity contribution in [3.8, 4) is 0 Å². The second-order valence-electron chi connectivity index (χ2n) is 6.56. The van der Waals surface area contributed by atoms with Gasteiger partial charge in [0.15, 0.2) is 9.84 Å². The highest BCUT2D eigenvalue weighted by Gasteiger charge is 2.37. The highest BCUT2D eigenvalue weighted by Crippen LogP contribution is 2.25. The lowest BCUT2D eigenvalue weighted by molar-refractivity contribution is 0.0727. The van der Waals surface area contributed by atoms with Crippen LogP contribution in [-0.2, 0) is 24.6 Å². The van der Waals surface area contributed by atoms with Gasteiger partial charge in [-0.2, -0.15) is 4.31 Å². The quantitative estimate of drug-likeness (QED) is 0.743. The Bertz CT molecular complexity index is 805. The van der Waals surface area contributed by atoms with Gasteiger partial charge in [-0.05, 0) is 31.3 Å². The molecule has 3 rings (SSSR count). The zero-order chi connectivity index (χ0) is 17.5. The zero-order valence-corrected chi connectivity index (χ0v) is 15.4. The molecule has 1 aromatic carbocycles. The second kappa shape index (κ2) is 6.38. The zero-order valence-electron chi connectivity index (χ0n) is 13.8. The molecule has 0 N–H and O–H groups in total. The van der Waals surface area contributed by atoms with E-state index < -0.39 is 19.9 Å². The highest BCUT2D eigenvalue weighted by molar-refractivity contribution is 7.90. The van der Waals surface area contributed by atoms with Crippen LogP contribution in [0.25, 0.3) is 0 Å². The van der Waals surface area contributed by atoms with Gasteiger partial charge in [0.25, 0.3) is 0 Å². The van der Waals surface area contributed by atoms with E-state index in [0.29, 0.717) is 26.3 Å². The molecule has 24 heavy (non-hydrogen) atoms. The molecule has 2 atom stereocenters. The third-order valence-corrected chi connectivity index (χ3v) is 7.57. The van der Waals surface area contributed by atoms with E-state index >= 15 is 0 Å². The van der Waals surface area contributed by atoms with E-state index in [0.717, 1.165) is 12.8 Å². The van der Waals surface area contributed by atoms with E-state index in [1.165, 1.54) is 28.6 Å². The number of nitrogens with zero attached hydrogens (tertiary/aromatic N) is 2. The number of sulfone groups is 1. The van der Waals surface area contributed by atoms with Crippen molar-refractivity contribution in [3.63, 3.8) is 0 Å². The van der Waals surface area contributed by atoms with Crippen molar-refractivity contribution in [2.24, 2.45) is 5.92 Å². The van der Waals surface area contributed by atoms with Gasteiger partial charge in [0.2, 0.25) is 10.0 Å². The lowest BCUT2D eigenvalue weighted by Crippen LogP contribution is -2.44. The summed E-state index contributed by atoms with van der Waals surface area (Å²) in [6.45, 7) is 2.68. The number of fused-ring (bicyclic) bond motifs is 3.